The summed E-state index contributed by atoms with van der Waals surface area (Å²) in [5.74, 6) is -0.990. The second-order valence-electron chi connectivity index (χ2n) is 11.9. The molecule has 0 bridgehead atoms. The molecule has 0 heterocycles. The molecule has 0 spiro atoms. The number of rotatable bonds is 14. The summed E-state index contributed by atoms with van der Waals surface area (Å²) in [6.45, 7) is 17.1. The Kier molecular flexibility index (Phi) is 13.5. The van der Waals surface area contributed by atoms with Crippen LogP contribution in [0.1, 0.15) is 105 Å². The number of carbonyl (C=O) groups excluding carboxylic acids is 4. The molecule has 220 valence electrons. The zero-order valence-corrected chi connectivity index (χ0v) is 25.3. The van der Waals surface area contributed by atoms with Gasteiger partial charge in [0.05, 0.1) is 0 Å². The summed E-state index contributed by atoms with van der Waals surface area (Å²) in [4.78, 5) is 53.9. The third-order valence-electron chi connectivity index (χ3n) is 6.22. The molecule has 39 heavy (non-hydrogen) atoms. The maximum absolute atomic E-state index is 14.3. The lowest BCUT2D eigenvalue weighted by atomic mass is 9.95. The van der Waals surface area contributed by atoms with Crippen LogP contribution in [0.5, 0.6) is 0 Å². The molecule has 0 radical (unpaired) electrons. The van der Waals surface area contributed by atoms with E-state index in [1.165, 1.54) is 0 Å². The first kappa shape index (κ1) is 33.9. The first-order valence-corrected chi connectivity index (χ1v) is 14.0. The van der Waals surface area contributed by atoms with Gasteiger partial charge in [-0.3, -0.25) is 14.4 Å². The monoisotopic (exact) mass is 546 g/mol. The normalized spacial score (nSPS) is 13.9. The summed E-state index contributed by atoms with van der Waals surface area (Å²) in [5, 5.41) is 5.61. The van der Waals surface area contributed by atoms with E-state index in [4.69, 9.17) is 10.5 Å². The zero-order chi connectivity index (χ0) is 29.9. The number of benzene rings is 1. The molecule has 1 aromatic rings. The first-order chi connectivity index (χ1) is 18.0. The van der Waals surface area contributed by atoms with Gasteiger partial charge in [0.15, 0.2) is 0 Å². The topological polar surface area (TPSA) is 131 Å². The Morgan fingerprint density at radius 1 is 0.923 bits per heavy atom. The molecule has 0 saturated carbocycles. The smallest absolute Gasteiger partial charge is 0.408 e. The lowest BCUT2D eigenvalue weighted by Crippen LogP contribution is -2.56. The van der Waals surface area contributed by atoms with Crippen molar-refractivity contribution in [3.8, 4) is 0 Å². The molecule has 0 aliphatic carbocycles. The van der Waals surface area contributed by atoms with Crippen LogP contribution in [0.15, 0.2) is 24.3 Å². The predicted molar refractivity (Wildman–Crippen MR) is 154 cm³/mol. The molecule has 3 unspecified atom stereocenters. The summed E-state index contributed by atoms with van der Waals surface area (Å²) >= 11 is 0. The molecular weight excluding hydrogens is 496 g/mol. The Bertz CT molecular complexity index is 953. The van der Waals surface area contributed by atoms with Crippen LogP contribution < -0.4 is 16.4 Å². The highest BCUT2D eigenvalue weighted by molar-refractivity contribution is 5.92. The fraction of sp³-hybridized carbons (Fsp3) is 0.667. The summed E-state index contributed by atoms with van der Waals surface area (Å²) in [7, 11) is 0. The van der Waals surface area contributed by atoms with Gasteiger partial charge in [-0.05, 0) is 84.3 Å². The van der Waals surface area contributed by atoms with Crippen LogP contribution >= 0.6 is 0 Å². The van der Waals surface area contributed by atoms with E-state index in [1.54, 1.807) is 25.7 Å². The van der Waals surface area contributed by atoms with Crippen LogP contribution in [0.4, 0.5) is 4.79 Å². The van der Waals surface area contributed by atoms with Gasteiger partial charge in [0, 0.05) is 18.5 Å². The van der Waals surface area contributed by atoms with Crippen molar-refractivity contribution in [1.29, 1.82) is 0 Å². The van der Waals surface area contributed by atoms with Gasteiger partial charge >= 0.3 is 6.09 Å². The fourth-order valence-corrected chi connectivity index (χ4v) is 4.22. The molecule has 0 aliphatic heterocycles. The van der Waals surface area contributed by atoms with Crippen molar-refractivity contribution in [1.82, 2.24) is 15.5 Å². The molecule has 0 aliphatic rings. The van der Waals surface area contributed by atoms with E-state index in [-0.39, 0.29) is 30.8 Å². The maximum atomic E-state index is 14.3. The molecule has 4 amide bonds. The number of nitrogens with two attached hydrogens (primary N) is 1. The average molecular weight is 547 g/mol. The van der Waals surface area contributed by atoms with Gasteiger partial charge in [0.25, 0.3) is 0 Å². The molecule has 0 saturated heterocycles. The lowest BCUT2D eigenvalue weighted by molar-refractivity contribution is -0.145. The van der Waals surface area contributed by atoms with Crippen LogP contribution in [0.25, 0.3) is 0 Å². The van der Waals surface area contributed by atoms with Crippen molar-refractivity contribution in [2.24, 2.45) is 11.7 Å². The summed E-state index contributed by atoms with van der Waals surface area (Å²) in [5.41, 5.74) is 6.39. The van der Waals surface area contributed by atoms with E-state index in [0.717, 1.165) is 18.4 Å². The Labute approximate surface area is 234 Å². The molecule has 9 nitrogen and oxygen atoms in total. The summed E-state index contributed by atoms with van der Waals surface area (Å²) < 4.78 is 5.40. The van der Waals surface area contributed by atoms with E-state index in [9.17, 15) is 19.2 Å². The molecule has 0 fully saturated rings. The summed E-state index contributed by atoms with van der Waals surface area (Å²) in [6.07, 6.45) is 1.41. The van der Waals surface area contributed by atoms with Gasteiger partial charge in [0.2, 0.25) is 17.7 Å². The number of nitrogens with one attached hydrogen (secondary N) is 2. The van der Waals surface area contributed by atoms with E-state index >= 15 is 0 Å². The Hall–Kier alpha value is -3.10. The van der Waals surface area contributed by atoms with Gasteiger partial charge < -0.3 is 26.0 Å². The summed E-state index contributed by atoms with van der Waals surface area (Å²) in [6, 6.07) is 5.11. The second-order valence-corrected chi connectivity index (χ2v) is 11.9. The Morgan fingerprint density at radius 3 is 1.97 bits per heavy atom. The fourth-order valence-electron chi connectivity index (χ4n) is 4.22. The largest absolute Gasteiger partial charge is 0.444 e. The lowest BCUT2D eigenvalue weighted by Gasteiger charge is -2.39. The van der Waals surface area contributed by atoms with Crippen LogP contribution in [0.3, 0.4) is 0 Å². The Balaban J connectivity index is 3.63. The number of aryl methyl sites for hydroxylation is 1. The minimum absolute atomic E-state index is 0.0197. The van der Waals surface area contributed by atoms with E-state index in [2.05, 4.69) is 24.5 Å². The minimum atomic E-state index is -1.11. The van der Waals surface area contributed by atoms with Crippen LogP contribution in [0.2, 0.25) is 0 Å². The van der Waals surface area contributed by atoms with Crippen molar-refractivity contribution < 1.29 is 23.9 Å². The molecule has 1 aromatic carbocycles. The number of alkyl carbamates (subject to hydrolysis) is 1. The van der Waals surface area contributed by atoms with Gasteiger partial charge in [0.1, 0.15) is 17.7 Å². The standard InChI is InChI=1S/C30H50N4O5/c1-10-22-13-15-23(16-14-22)26(27(36)32-20(4)5)34(21(6)12-11-19(2)3)28(37)24(17-18-25(31)35)33-29(38)39-30(7,8)9/h13-16,19-21,24,26H,10-12,17-18H2,1-9H3,(H2,31,35)(H,32,36)(H,33,38). The Morgan fingerprint density at radius 2 is 1.51 bits per heavy atom. The number of nitrogens with zero attached hydrogens (tertiary/aromatic N) is 1. The third kappa shape index (κ3) is 12.1. The highest BCUT2D eigenvalue weighted by Crippen LogP contribution is 2.28. The van der Waals surface area contributed by atoms with E-state index in [1.807, 2.05) is 52.0 Å². The molecule has 1 rings (SSSR count). The zero-order valence-electron chi connectivity index (χ0n) is 25.3. The van der Waals surface area contributed by atoms with Crippen LogP contribution in [0, 0.1) is 5.92 Å². The van der Waals surface area contributed by atoms with E-state index in [0.29, 0.717) is 17.9 Å². The van der Waals surface area contributed by atoms with Crippen LogP contribution in [-0.4, -0.2) is 52.4 Å². The quantitative estimate of drug-likeness (QED) is 0.313. The second kappa shape index (κ2) is 15.5. The number of carbonyl (C=O) groups is 4. The van der Waals surface area contributed by atoms with Crippen molar-refractivity contribution in [2.75, 3.05) is 0 Å². The van der Waals surface area contributed by atoms with Crippen molar-refractivity contribution in [3.05, 3.63) is 35.4 Å². The van der Waals surface area contributed by atoms with Crippen molar-refractivity contribution in [3.63, 3.8) is 0 Å². The first-order valence-electron chi connectivity index (χ1n) is 14.0. The minimum Gasteiger partial charge on any atom is -0.444 e. The maximum Gasteiger partial charge on any atom is 0.408 e. The van der Waals surface area contributed by atoms with Gasteiger partial charge in [-0.2, -0.15) is 0 Å². The van der Waals surface area contributed by atoms with Gasteiger partial charge in [-0.15, -0.1) is 0 Å². The third-order valence-corrected chi connectivity index (χ3v) is 6.22. The number of primary amides is 1. The predicted octanol–water partition coefficient (Wildman–Crippen LogP) is 4.63. The number of hydrogen-bond acceptors (Lipinski definition) is 5. The number of ether oxygens (including phenoxy) is 1. The van der Waals surface area contributed by atoms with Crippen molar-refractivity contribution >= 4 is 23.8 Å². The average Bonchev–Trinajstić information content (AvgIpc) is 2.81. The van der Waals surface area contributed by atoms with Crippen LogP contribution in [-0.2, 0) is 25.5 Å². The molecule has 3 atom stereocenters. The number of amides is 4. The SMILES string of the molecule is CCc1ccc(C(C(=O)NC(C)C)N(C(=O)C(CCC(N)=O)NC(=O)OC(C)(C)C)C(C)CCC(C)C)cc1. The highest BCUT2D eigenvalue weighted by Gasteiger charge is 2.39. The number of hydrogen-bond donors (Lipinski definition) is 3. The highest BCUT2D eigenvalue weighted by atomic mass is 16.6. The molecule has 0 aromatic heterocycles. The van der Waals surface area contributed by atoms with Gasteiger partial charge in [-0.25, -0.2) is 4.79 Å². The van der Waals surface area contributed by atoms with Crippen molar-refractivity contribution in [2.45, 2.75) is 124 Å². The molecular formula is C30H50N4O5. The van der Waals surface area contributed by atoms with E-state index < -0.39 is 35.6 Å². The van der Waals surface area contributed by atoms with Gasteiger partial charge in [-0.1, -0.05) is 45.0 Å². The molecule has 9 heteroatoms. The molecule has 4 N–H and O–H groups in total.